The normalized spacial score (nSPS) is 49.0. The van der Waals surface area contributed by atoms with Gasteiger partial charge in [-0.3, -0.25) is 4.79 Å². The number of esters is 1. The van der Waals surface area contributed by atoms with Gasteiger partial charge in [-0.1, -0.05) is 52.0 Å². The van der Waals surface area contributed by atoms with Gasteiger partial charge in [0.2, 0.25) is 0 Å². The summed E-state index contributed by atoms with van der Waals surface area (Å²) >= 11 is 0. The lowest BCUT2D eigenvalue weighted by atomic mass is 9.41. The molecule has 30 heavy (non-hydrogen) atoms. The Hall–Kier alpha value is -0.873. The molecule has 0 N–H and O–H groups in total. The van der Waals surface area contributed by atoms with Crippen LogP contribution in [0, 0.1) is 22.2 Å². The second-order valence-corrected chi connectivity index (χ2v) is 16.4. The zero-order chi connectivity index (χ0) is 21.6. The van der Waals surface area contributed by atoms with Gasteiger partial charge in [-0.15, -0.1) is 0 Å². The number of carbonyl (C=O) groups is 1. The molecule has 1 heterocycles. The number of fused-ring (bicyclic) bond motifs is 1. The van der Waals surface area contributed by atoms with Crippen molar-refractivity contribution in [1.29, 1.82) is 0 Å². The molecule has 5 aliphatic rings. The fourth-order valence-corrected chi connectivity index (χ4v) is 11.8. The van der Waals surface area contributed by atoms with E-state index in [2.05, 4.69) is 53.3 Å². The summed E-state index contributed by atoms with van der Waals surface area (Å²) in [5.74, 6) is 0.248. The van der Waals surface area contributed by atoms with E-state index >= 15 is 0 Å². The summed E-state index contributed by atoms with van der Waals surface area (Å²) in [5.41, 5.74) is 0.383. The van der Waals surface area contributed by atoms with Crippen LogP contribution in [0.4, 0.5) is 0 Å². The Morgan fingerprint density at radius 2 is 1.83 bits per heavy atom. The predicted molar refractivity (Wildman–Crippen MR) is 123 cm³/mol. The molecule has 6 atom stereocenters. The fraction of sp³-hybridized carbons (Fsp3) is 0.808. The lowest BCUT2D eigenvalue weighted by Crippen LogP contribution is -2.65. The molecule has 3 saturated carbocycles. The van der Waals surface area contributed by atoms with Crippen molar-refractivity contribution >= 4 is 14.3 Å². The Kier molecular flexibility index (Phi) is 4.29. The number of carbonyl (C=O) groups excluding carboxylic acids is 1. The third-order valence-corrected chi connectivity index (χ3v) is 15.6. The van der Waals surface area contributed by atoms with Crippen LogP contribution in [-0.2, 0) is 14.0 Å². The SMILES string of the molecule is C=C1C[C@@]2(O[Si](CC)(CC)CC)CC[C@@]3(C)[C@@]1(C=C[C@@H]1[C@@]4(C)CCC[C@]13OC4=O)C2. The van der Waals surface area contributed by atoms with Crippen molar-refractivity contribution < 1.29 is 14.0 Å². The van der Waals surface area contributed by atoms with Crippen LogP contribution in [0.25, 0.3) is 0 Å². The van der Waals surface area contributed by atoms with Crippen molar-refractivity contribution in [2.45, 2.75) is 109 Å². The van der Waals surface area contributed by atoms with Crippen LogP contribution >= 0.6 is 0 Å². The van der Waals surface area contributed by atoms with Gasteiger partial charge < -0.3 is 9.16 Å². The first-order valence-corrected chi connectivity index (χ1v) is 14.9. The van der Waals surface area contributed by atoms with Gasteiger partial charge in [0.15, 0.2) is 8.32 Å². The largest absolute Gasteiger partial charge is 0.457 e. The first-order valence-electron chi connectivity index (χ1n) is 12.4. The van der Waals surface area contributed by atoms with Crippen LogP contribution in [0.3, 0.4) is 0 Å². The van der Waals surface area contributed by atoms with Crippen LogP contribution in [0.15, 0.2) is 24.3 Å². The molecule has 1 spiro atoms. The lowest BCUT2D eigenvalue weighted by molar-refractivity contribution is -0.194. The standard InChI is InChI=1S/C26H40O3Si/c1-7-30(8-2,9-3)29-24-16-15-23(6)25(18-24,19(4)17-24)14-11-20-22(5)12-10-13-26(20,23)28-21(22)27/h11,14,20H,4,7-10,12-13,15-18H2,1-3,5-6H3/t20-,22-,23+,24+,25+,26+/m1/s1. The zero-order valence-electron chi connectivity index (χ0n) is 19.7. The first-order chi connectivity index (χ1) is 14.1. The van der Waals surface area contributed by atoms with E-state index in [4.69, 9.17) is 9.16 Å². The van der Waals surface area contributed by atoms with Gasteiger partial charge >= 0.3 is 5.97 Å². The Labute approximate surface area is 183 Å². The van der Waals surface area contributed by atoms with E-state index in [1.165, 1.54) is 23.7 Å². The summed E-state index contributed by atoms with van der Waals surface area (Å²) in [6.07, 6.45) is 12.1. The number of hydrogen-bond donors (Lipinski definition) is 0. The smallest absolute Gasteiger partial charge is 0.313 e. The number of rotatable bonds is 5. The highest BCUT2D eigenvalue weighted by Gasteiger charge is 2.78. The minimum Gasteiger partial charge on any atom is -0.457 e. The maximum Gasteiger partial charge on any atom is 0.313 e. The van der Waals surface area contributed by atoms with Gasteiger partial charge in [0.1, 0.15) is 5.60 Å². The average molecular weight is 429 g/mol. The van der Waals surface area contributed by atoms with Crippen molar-refractivity contribution in [2.24, 2.45) is 22.2 Å². The molecule has 3 nitrogen and oxygen atoms in total. The van der Waals surface area contributed by atoms with E-state index in [-0.39, 0.29) is 39.3 Å². The molecule has 1 aliphatic heterocycles. The molecule has 166 valence electrons. The van der Waals surface area contributed by atoms with Crippen molar-refractivity contribution in [3.63, 3.8) is 0 Å². The van der Waals surface area contributed by atoms with E-state index in [1.54, 1.807) is 0 Å². The minimum atomic E-state index is -1.71. The lowest BCUT2D eigenvalue weighted by Gasteiger charge is -2.63. The molecule has 0 radical (unpaired) electrons. The van der Waals surface area contributed by atoms with Gasteiger partial charge in [0.25, 0.3) is 0 Å². The molecule has 0 aromatic carbocycles. The van der Waals surface area contributed by atoms with Gasteiger partial charge in [-0.25, -0.2) is 0 Å². The Balaban J connectivity index is 1.59. The summed E-state index contributed by atoms with van der Waals surface area (Å²) < 4.78 is 13.7. The second-order valence-electron chi connectivity index (χ2n) is 11.7. The van der Waals surface area contributed by atoms with Crippen LogP contribution in [0.2, 0.25) is 18.1 Å². The van der Waals surface area contributed by atoms with Gasteiger partial charge in [-0.2, -0.15) is 0 Å². The van der Waals surface area contributed by atoms with E-state index < -0.39 is 8.32 Å². The molecular formula is C26H40O3Si. The summed E-state index contributed by atoms with van der Waals surface area (Å²) in [5, 5.41) is 0. The maximum absolute atomic E-state index is 13.1. The summed E-state index contributed by atoms with van der Waals surface area (Å²) in [4.78, 5) is 13.1. The van der Waals surface area contributed by atoms with Crippen molar-refractivity contribution in [3.8, 4) is 0 Å². The molecular weight excluding hydrogens is 388 g/mol. The highest BCUT2D eigenvalue weighted by molar-refractivity contribution is 6.73. The number of ether oxygens (including phenoxy) is 1. The van der Waals surface area contributed by atoms with Gasteiger partial charge in [0, 0.05) is 16.7 Å². The summed E-state index contributed by atoms with van der Waals surface area (Å²) in [6, 6.07) is 3.57. The van der Waals surface area contributed by atoms with Crippen molar-refractivity contribution in [2.75, 3.05) is 0 Å². The topological polar surface area (TPSA) is 35.5 Å². The van der Waals surface area contributed by atoms with E-state index in [9.17, 15) is 4.79 Å². The van der Waals surface area contributed by atoms with E-state index in [0.29, 0.717) is 0 Å². The van der Waals surface area contributed by atoms with Crippen LogP contribution in [0.5, 0.6) is 0 Å². The quantitative estimate of drug-likeness (QED) is 0.283. The highest BCUT2D eigenvalue weighted by atomic mass is 28.4. The van der Waals surface area contributed by atoms with Crippen LogP contribution in [0.1, 0.15) is 79.6 Å². The van der Waals surface area contributed by atoms with Crippen LogP contribution in [-0.4, -0.2) is 25.5 Å². The van der Waals surface area contributed by atoms with E-state index in [0.717, 1.165) is 44.9 Å². The zero-order valence-corrected chi connectivity index (χ0v) is 20.7. The highest BCUT2D eigenvalue weighted by Crippen LogP contribution is 2.77. The molecule has 5 rings (SSSR count). The number of allylic oxidation sites excluding steroid dienone is 1. The summed E-state index contributed by atoms with van der Waals surface area (Å²) in [6.45, 7) is 16.2. The molecule has 1 saturated heterocycles. The molecule has 4 aliphatic carbocycles. The third-order valence-electron chi connectivity index (χ3n) is 10.9. The fourth-order valence-electron chi connectivity index (χ4n) is 8.73. The molecule has 0 aromatic heterocycles. The van der Waals surface area contributed by atoms with Gasteiger partial charge in [0.05, 0.1) is 11.0 Å². The molecule has 4 heteroatoms. The average Bonchev–Trinajstić information content (AvgIpc) is 3.03. The van der Waals surface area contributed by atoms with E-state index in [1.807, 2.05) is 0 Å². The molecule has 0 aromatic rings. The molecule has 0 unspecified atom stereocenters. The van der Waals surface area contributed by atoms with Crippen molar-refractivity contribution in [1.82, 2.24) is 0 Å². The predicted octanol–water partition coefficient (Wildman–Crippen LogP) is 6.56. The summed E-state index contributed by atoms with van der Waals surface area (Å²) in [7, 11) is -1.71. The number of hydrogen-bond acceptors (Lipinski definition) is 3. The molecule has 0 amide bonds. The van der Waals surface area contributed by atoms with Crippen molar-refractivity contribution in [3.05, 3.63) is 24.3 Å². The Bertz CT molecular complexity index is 822. The monoisotopic (exact) mass is 428 g/mol. The second kappa shape index (κ2) is 6.13. The van der Waals surface area contributed by atoms with Crippen LogP contribution < -0.4 is 0 Å². The third kappa shape index (κ3) is 2.14. The Morgan fingerprint density at radius 3 is 2.50 bits per heavy atom. The van der Waals surface area contributed by atoms with Gasteiger partial charge in [-0.05, 0) is 70.0 Å². The molecule has 4 bridgehead atoms. The Morgan fingerprint density at radius 1 is 1.13 bits per heavy atom. The minimum absolute atomic E-state index is 0.0407. The molecule has 4 fully saturated rings. The maximum atomic E-state index is 13.1. The first kappa shape index (κ1) is 21.0.